The van der Waals surface area contributed by atoms with Gasteiger partial charge in [0.05, 0.1) is 15.8 Å². The van der Waals surface area contributed by atoms with E-state index in [1.165, 1.54) is 59.6 Å². The normalized spacial score (nSPS) is 23.3. The largest absolute Gasteiger partial charge is 0.273 e. The van der Waals surface area contributed by atoms with Crippen LogP contribution < -0.4 is 0 Å². The van der Waals surface area contributed by atoms with Gasteiger partial charge in [-0.2, -0.15) is 0 Å². The minimum atomic E-state index is -4.33. The molecule has 3 unspecified atom stereocenters. The third-order valence-electron chi connectivity index (χ3n) is 6.25. The second kappa shape index (κ2) is 8.30. The maximum Gasteiger partial charge on any atom is 0.239 e. The quantitative estimate of drug-likeness (QED) is 0.535. The number of amides is 1. The van der Waals surface area contributed by atoms with E-state index < -0.39 is 48.1 Å². The van der Waals surface area contributed by atoms with E-state index in [-0.39, 0.29) is 28.3 Å². The standard InChI is InChI=1S/C24H21FN2O5S2/c25-18-9-7-8-17(16-18)22-23(33(29,30)19-10-3-1-4-11-19)24(27-21(28)14-15-26(22)27)34(31,32)20-12-5-2-6-13-20/h1-13,16,22-24H,14-15H2. The van der Waals surface area contributed by atoms with E-state index in [0.29, 0.717) is 0 Å². The molecule has 5 rings (SSSR count). The maximum absolute atomic E-state index is 14.2. The molecule has 2 aliphatic heterocycles. The van der Waals surface area contributed by atoms with Gasteiger partial charge >= 0.3 is 0 Å². The van der Waals surface area contributed by atoms with Crippen LogP contribution in [0, 0.1) is 5.82 Å². The Morgan fingerprint density at radius 3 is 1.94 bits per heavy atom. The summed E-state index contributed by atoms with van der Waals surface area (Å²) in [5, 5.41) is -0.759. The Kier molecular flexibility index (Phi) is 5.54. The van der Waals surface area contributed by atoms with Gasteiger partial charge in [0.15, 0.2) is 15.2 Å². The Balaban J connectivity index is 1.78. The highest BCUT2D eigenvalue weighted by atomic mass is 32.2. The fraction of sp³-hybridized carbons (Fsp3) is 0.208. The first-order valence-electron chi connectivity index (χ1n) is 10.6. The SMILES string of the molecule is O=C1CCN2C(c3cccc(F)c3)C(S(=O)(=O)c3ccccc3)C(S(=O)(=O)c3ccccc3)N12. The highest BCUT2D eigenvalue weighted by Gasteiger charge is 2.62. The van der Waals surface area contributed by atoms with Crippen LogP contribution >= 0.6 is 0 Å². The zero-order valence-corrected chi connectivity index (χ0v) is 19.5. The van der Waals surface area contributed by atoms with Gasteiger partial charge in [-0.1, -0.05) is 48.5 Å². The summed E-state index contributed by atoms with van der Waals surface area (Å²) in [6.45, 7) is 0.127. The first kappa shape index (κ1) is 22.7. The van der Waals surface area contributed by atoms with Gasteiger partial charge in [-0.15, -0.1) is 0 Å². The van der Waals surface area contributed by atoms with Crippen LogP contribution in [0.2, 0.25) is 0 Å². The Labute approximate surface area is 197 Å². The zero-order valence-electron chi connectivity index (χ0n) is 17.9. The van der Waals surface area contributed by atoms with Gasteiger partial charge in [-0.3, -0.25) is 9.80 Å². The van der Waals surface area contributed by atoms with Gasteiger partial charge in [0, 0.05) is 13.0 Å². The smallest absolute Gasteiger partial charge is 0.239 e. The fourth-order valence-electron chi connectivity index (χ4n) is 4.80. The van der Waals surface area contributed by atoms with Crippen molar-refractivity contribution in [1.29, 1.82) is 0 Å². The summed E-state index contributed by atoms with van der Waals surface area (Å²) in [5.74, 6) is -1.07. The van der Waals surface area contributed by atoms with E-state index >= 15 is 0 Å². The van der Waals surface area contributed by atoms with Crippen LogP contribution in [0.5, 0.6) is 0 Å². The average molecular weight is 501 g/mol. The summed E-state index contributed by atoms with van der Waals surface area (Å²) >= 11 is 0. The molecule has 0 spiro atoms. The van der Waals surface area contributed by atoms with Crippen LogP contribution in [0.15, 0.2) is 94.7 Å². The van der Waals surface area contributed by atoms with Crippen LogP contribution in [0.4, 0.5) is 4.39 Å². The highest BCUT2D eigenvalue weighted by molar-refractivity contribution is 7.96. The molecule has 0 saturated carbocycles. The van der Waals surface area contributed by atoms with Crippen LogP contribution in [0.1, 0.15) is 18.0 Å². The third kappa shape index (κ3) is 3.53. The monoisotopic (exact) mass is 500 g/mol. The predicted molar refractivity (Wildman–Crippen MR) is 122 cm³/mol. The summed E-state index contributed by atoms with van der Waals surface area (Å²) in [5.41, 5.74) is 0.287. The van der Waals surface area contributed by atoms with Crippen molar-refractivity contribution in [3.05, 3.63) is 96.3 Å². The number of rotatable bonds is 5. The summed E-state index contributed by atoms with van der Waals surface area (Å²) in [4.78, 5) is 12.8. The molecule has 0 N–H and O–H groups in total. The molecule has 0 radical (unpaired) electrons. The van der Waals surface area contributed by atoms with Crippen molar-refractivity contribution in [1.82, 2.24) is 10.0 Å². The van der Waals surface area contributed by atoms with Crippen molar-refractivity contribution < 1.29 is 26.0 Å². The number of sulfone groups is 2. The van der Waals surface area contributed by atoms with Crippen molar-refractivity contribution in [2.45, 2.75) is 32.9 Å². The van der Waals surface area contributed by atoms with Gasteiger partial charge < -0.3 is 0 Å². The number of hydrazine groups is 1. The van der Waals surface area contributed by atoms with Crippen LogP contribution in [0.25, 0.3) is 0 Å². The molecular weight excluding hydrogens is 479 g/mol. The van der Waals surface area contributed by atoms with Gasteiger partial charge in [0.25, 0.3) is 0 Å². The minimum Gasteiger partial charge on any atom is -0.273 e. The van der Waals surface area contributed by atoms with Crippen molar-refractivity contribution in [3.63, 3.8) is 0 Å². The molecule has 2 heterocycles. The predicted octanol–water partition coefficient (Wildman–Crippen LogP) is 2.97. The number of fused-ring (bicyclic) bond motifs is 1. The van der Waals surface area contributed by atoms with E-state index in [4.69, 9.17) is 0 Å². The lowest BCUT2D eigenvalue weighted by Gasteiger charge is -2.26. The van der Waals surface area contributed by atoms with Crippen molar-refractivity contribution in [3.8, 4) is 0 Å². The molecule has 7 nitrogen and oxygen atoms in total. The van der Waals surface area contributed by atoms with E-state index in [2.05, 4.69) is 0 Å². The number of hydrogen-bond acceptors (Lipinski definition) is 6. The highest BCUT2D eigenvalue weighted by Crippen LogP contribution is 2.48. The number of halogens is 1. The van der Waals surface area contributed by atoms with Gasteiger partial charge in [-0.25, -0.2) is 26.2 Å². The molecule has 176 valence electrons. The van der Waals surface area contributed by atoms with Crippen molar-refractivity contribution >= 4 is 25.6 Å². The molecule has 3 aromatic carbocycles. The molecule has 34 heavy (non-hydrogen) atoms. The maximum atomic E-state index is 14.2. The van der Waals surface area contributed by atoms with Gasteiger partial charge in [0.2, 0.25) is 15.7 Å². The Morgan fingerprint density at radius 2 is 1.35 bits per heavy atom. The first-order chi connectivity index (χ1) is 16.2. The second-order valence-corrected chi connectivity index (χ2v) is 12.4. The molecule has 2 saturated heterocycles. The third-order valence-corrected chi connectivity index (χ3v) is 10.6. The topological polar surface area (TPSA) is 91.8 Å². The van der Waals surface area contributed by atoms with Gasteiger partial charge in [0.1, 0.15) is 11.1 Å². The second-order valence-electron chi connectivity index (χ2n) is 8.22. The van der Waals surface area contributed by atoms with Crippen molar-refractivity contribution in [2.75, 3.05) is 6.54 Å². The summed E-state index contributed by atoms with van der Waals surface area (Å²) in [7, 11) is -8.62. The molecule has 10 heteroatoms. The molecular formula is C24H21FN2O5S2. The molecule has 0 bridgehead atoms. The van der Waals surface area contributed by atoms with Crippen LogP contribution in [-0.4, -0.2) is 49.9 Å². The lowest BCUT2D eigenvalue weighted by Crippen LogP contribution is -2.47. The first-order valence-corrected chi connectivity index (χ1v) is 13.7. The molecule has 0 aromatic heterocycles. The number of carbonyl (C=O) groups is 1. The summed E-state index contributed by atoms with van der Waals surface area (Å²) in [6.07, 6.45) is 0.0325. The average Bonchev–Trinajstić information content (AvgIpc) is 3.38. The molecule has 1 amide bonds. The van der Waals surface area contributed by atoms with E-state index in [9.17, 15) is 26.0 Å². The Hall–Kier alpha value is -3.08. The molecule has 2 aliphatic rings. The van der Waals surface area contributed by atoms with Crippen LogP contribution in [0.3, 0.4) is 0 Å². The fourth-order valence-corrected chi connectivity index (χ4v) is 9.41. The number of hydrogen-bond donors (Lipinski definition) is 0. The van der Waals surface area contributed by atoms with E-state index in [0.717, 1.165) is 5.01 Å². The number of benzene rings is 3. The summed E-state index contributed by atoms with van der Waals surface area (Å²) in [6, 6.07) is 19.4. The lowest BCUT2D eigenvalue weighted by atomic mass is 10.0. The zero-order chi connectivity index (χ0) is 24.1. The van der Waals surface area contributed by atoms with E-state index in [1.807, 2.05) is 0 Å². The number of nitrogens with zero attached hydrogens (tertiary/aromatic N) is 2. The van der Waals surface area contributed by atoms with E-state index in [1.54, 1.807) is 30.3 Å². The lowest BCUT2D eigenvalue weighted by molar-refractivity contribution is -0.136. The van der Waals surface area contributed by atoms with Crippen molar-refractivity contribution in [2.24, 2.45) is 0 Å². The Bertz CT molecular complexity index is 1450. The molecule has 3 atom stereocenters. The van der Waals surface area contributed by atoms with Gasteiger partial charge in [-0.05, 0) is 42.0 Å². The minimum absolute atomic E-state index is 0.0325. The molecule has 2 fully saturated rings. The summed E-state index contributed by atoms with van der Waals surface area (Å²) < 4.78 is 70.0. The Morgan fingerprint density at radius 1 is 0.765 bits per heavy atom. The number of carbonyl (C=O) groups excluding carboxylic acids is 1. The van der Waals surface area contributed by atoms with Crippen LogP contribution in [-0.2, 0) is 24.5 Å². The molecule has 3 aromatic rings. The molecule has 0 aliphatic carbocycles.